The summed E-state index contributed by atoms with van der Waals surface area (Å²) >= 11 is 0. The second kappa shape index (κ2) is 6.58. The van der Waals surface area contributed by atoms with E-state index in [0.29, 0.717) is 5.75 Å². The van der Waals surface area contributed by atoms with E-state index in [4.69, 9.17) is 10.5 Å². The van der Waals surface area contributed by atoms with Gasteiger partial charge >= 0.3 is 12.1 Å². The zero-order valence-electron chi connectivity index (χ0n) is 10.7. The Morgan fingerprint density at radius 2 is 1.45 bits per heavy atom. The lowest BCUT2D eigenvalue weighted by molar-refractivity contribution is -0.291. The van der Waals surface area contributed by atoms with Crippen molar-refractivity contribution in [2.24, 2.45) is 5.73 Å². The molecule has 0 amide bonds. The van der Waals surface area contributed by atoms with Gasteiger partial charge in [0.1, 0.15) is 11.8 Å². The minimum absolute atomic E-state index is 0. The molecule has 20 heavy (non-hydrogen) atoms. The molecule has 2 N–H and O–H groups in total. The van der Waals surface area contributed by atoms with Crippen molar-refractivity contribution in [1.82, 2.24) is 0 Å². The zero-order valence-corrected chi connectivity index (χ0v) is 11.6. The Morgan fingerprint density at radius 3 is 1.80 bits per heavy atom. The molecule has 0 fully saturated rings. The molecule has 1 aromatic rings. The van der Waals surface area contributed by atoms with Crippen molar-refractivity contribution < 1.29 is 26.7 Å². The number of ether oxygens (including phenoxy) is 1. The standard InChI is InChI=1S/C12H14F5NO.ClH/c1-7(2)19-9-5-3-8(4-6-9)10(18)11(13,14)12(15,16)17;/h3-7,10H,18H2,1-2H3;1H/t10-;/m1./s1. The van der Waals surface area contributed by atoms with E-state index in [2.05, 4.69) is 0 Å². The molecule has 8 heteroatoms. The lowest BCUT2D eigenvalue weighted by Gasteiger charge is -2.26. The molecule has 0 saturated carbocycles. The molecular formula is C12H15ClF5NO. The lowest BCUT2D eigenvalue weighted by Crippen LogP contribution is -2.45. The van der Waals surface area contributed by atoms with Crippen molar-refractivity contribution >= 4 is 12.4 Å². The maximum atomic E-state index is 13.0. The summed E-state index contributed by atoms with van der Waals surface area (Å²) in [6.45, 7) is 3.52. The molecule has 0 aliphatic rings. The van der Waals surface area contributed by atoms with Gasteiger partial charge in [0.15, 0.2) is 0 Å². The highest BCUT2D eigenvalue weighted by molar-refractivity contribution is 5.85. The van der Waals surface area contributed by atoms with Crippen LogP contribution in [0.5, 0.6) is 5.75 Å². The van der Waals surface area contributed by atoms with E-state index in [9.17, 15) is 22.0 Å². The first-order valence-corrected chi connectivity index (χ1v) is 5.52. The van der Waals surface area contributed by atoms with Crippen LogP contribution < -0.4 is 10.5 Å². The third-order valence-corrected chi connectivity index (χ3v) is 2.38. The molecule has 2 nitrogen and oxygen atoms in total. The van der Waals surface area contributed by atoms with Crippen LogP contribution >= 0.6 is 12.4 Å². The van der Waals surface area contributed by atoms with E-state index in [0.717, 1.165) is 12.1 Å². The molecule has 0 saturated heterocycles. The zero-order chi connectivity index (χ0) is 14.8. The van der Waals surface area contributed by atoms with E-state index in [-0.39, 0.29) is 24.1 Å². The molecule has 0 heterocycles. The molecule has 0 aromatic heterocycles. The van der Waals surface area contributed by atoms with Gasteiger partial charge in [-0.05, 0) is 31.5 Å². The molecule has 116 valence electrons. The van der Waals surface area contributed by atoms with Crippen molar-refractivity contribution in [1.29, 1.82) is 0 Å². The fraction of sp³-hybridized carbons (Fsp3) is 0.500. The molecule has 0 aliphatic heterocycles. The van der Waals surface area contributed by atoms with Gasteiger partial charge in [-0.15, -0.1) is 12.4 Å². The number of nitrogens with two attached hydrogens (primary N) is 1. The Hall–Kier alpha value is -1.08. The lowest BCUT2D eigenvalue weighted by atomic mass is 10.0. The average molecular weight is 320 g/mol. The number of halogens is 6. The average Bonchev–Trinajstić information content (AvgIpc) is 2.26. The summed E-state index contributed by atoms with van der Waals surface area (Å²) in [4.78, 5) is 0. The van der Waals surface area contributed by atoms with Crippen molar-refractivity contribution in [3.8, 4) is 5.75 Å². The van der Waals surface area contributed by atoms with Gasteiger partial charge in [-0.2, -0.15) is 22.0 Å². The van der Waals surface area contributed by atoms with E-state index >= 15 is 0 Å². The maximum absolute atomic E-state index is 13.0. The third-order valence-electron chi connectivity index (χ3n) is 2.38. The highest BCUT2D eigenvalue weighted by atomic mass is 35.5. The summed E-state index contributed by atoms with van der Waals surface area (Å²) in [6, 6.07) is 2.37. The van der Waals surface area contributed by atoms with Gasteiger partial charge in [-0.3, -0.25) is 0 Å². The Bertz CT molecular complexity index is 419. The smallest absolute Gasteiger partial charge is 0.455 e. The SMILES string of the molecule is CC(C)Oc1ccc([C@@H](N)C(F)(F)C(F)(F)F)cc1.Cl. The van der Waals surface area contributed by atoms with Gasteiger partial charge < -0.3 is 10.5 Å². The summed E-state index contributed by atoms with van der Waals surface area (Å²) in [5.41, 5.74) is 4.69. The second-order valence-electron chi connectivity index (χ2n) is 4.33. The van der Waals surface area contributed by atoms with Gasteiger partial charge in [0, 0.05) is 0 Å². The monoisotopic (exact) mass is 319 g/mol. The van der Waals surface area contributed by atoms with Gasteiger partial charge in [0.2, 0.25) is 0 Å². The third kappa shape index (κ3) is 4.21. The van der Waals surface area contributed by atoms with Crippen LogP contribution in [0, 0.1) is 0 Å². The summed E-state index contributed by atoms with van der Waals surface area (Å²) in [7, 11) is 0. The van der Waals surface area contributed by atoms with Crippen LogP contribution in [0.2, 0.25) is 0 Å². The highest BCUT2D eigenvalue weighted by Crippen LogP contribution is 2.43. The first-order chi connectivity index (χ1) is 8.55. The molecule has 0 unspecified atom stereocenters. The minimum Gasteiger partial charge on any atom is -0.491 e. The maximum Gasteiger partial charge on any atom is 0.455 e. The predicted octanol–water partition coefficient (Wildman–Crippen LogP) is 4.09. The van der Waals surface area contributed by atoms with Gasteiger partial charge in [-0.1, -0.05) is 12.1 Å². The number of hydrogen-bond donors (Lipinski definition) is 1. The summed E-state index contributed by atoms with van der Waals surface area (Å²) in [6.07, 6.45) is -5.81. The summed E-state index contributed by atoms with van der Waals surface area (Å²) < 4.78 is 67.8. The number of rotatable bonds is 4. The number of alkyl halides is 5. The molecule has 1 aromatic carbocycles. The Labute approximate surface area is 119 Å². The fourth-order valence-corrected chi connectivity index (χ4v) is 1.41. The van der Waals surface area contributed by atoms with Crippen LogP contribution in [0.4, 0.5) is 22.0 Å². The molecule has 1 atom stereocenters. The van der Waals surface area contributed by atoms with Gasteiger partial charge in [-0.25, -0.2) is 0 Å². The van der Waals surface area contributed by atoms with Crippen LogP contribution in [0.25, 0.3) is 0 Å². The molecule has 0 aliphatic carbocycles. The van der Waals surface area contributed by atoms with Crippen LogP contribution in [0.1, 0.15) is 25.5 Å². The highest BCUT2D eigenvalue weighted by Gasteiger charge is 2.61. The number of hydrogen-bond acceptors (Lipinski definition) is 2. The van der Waals surface area contributed by atoms with Crippen LogP contribution in [-0.2, 0) is 0 Å². The first-order valence-electron chi connectivity index (χ1n) is 5.52. The largest absolute Gasteiger partial charge is 0.491 e. The molecule has 0 radical (unpaired) electrons. The quantitative estimate of drug-likeness (QED) is 0.848. The van der Waals surface area contributed by atoms with Crippen molar-refractivity contribution in [3.63, 3.8) is 0 Å². The second-order valence-corrected chi connectivity index (χ2v) is 4.33. The van der Waals surface area contributed by atoms with E-state index < -0.39 is 18.1 Å². The topological polar surface area (TPSA) is 35.2 Å². The fourth-order valence-electron chi connectivity index (χ4n) is 1.41. The van der Waals surface area contributed by atoms with Gasteiger partial charge in [0.05, 0.1) is 6.10 Å². The molecule has 1 rings (SSSR count). The molecule has 0 spiro atoms. The normalized spacial score (nSPS) is 13.8. The van der Waals surface area contributed by atoms with Crippen molar-refractivity contribution in [3.05, 3.63) is 29.8 Å². The predicted molar refractivity (Wildman–Crippen MR) is 67.4 cm³/mol. The molecular weight excluding hydrogens is 305 g/mol. The first kappa shape index (κ1) is 18.9. The van der Waals surface area contributed by atoms with Crippen LogP contribution in [-0.4, -0.2) is 18.2 Å². The Morgan fingerprint density at radius 1 is 1.00 bits per heavy atom. The van der Waals surface area contributed by atoms with Crippen molar-refractivity contribution in [2.45, 2.75) is 38.1 Å². The van der Waals surface area contributed by atoms with Crippen molar-refractivity contribution in [2.75, 3.05) is 0 Å². The van der Waals surface area contributed by atoms with E-state index in [1.165, 1.54) is 12.1 Å². The van der Waals surface area contributed by atoms with Gasteiger partial charge in [0.25, 0.3) is 0 Å². The molecule has 0 bridgehead atoms. The van der Waals surface area contributed by atoms with E-state index in [1.807, 2.05) is 0 Å². The Kier molecular flexibility index (Phi) is 6.23. The van der Waals surface area contributed by atoms with E-state index in [1.54, 1.807) is 13.8 Å². The summed E-state index contributed by atoms with van der Waals surface area (Å²) in [5, 5.41) is 0. The summed E-state index contributed by atoms with van der Waals surface area (Å²) in [5.74, 6) is -4.60. The van der Waals surface area contributed by atoms with Crippen LogP contribution in [0.3, 0.4) is 0 Å². The Balaban J connectivity index is 0.00000361. The minimum atomic E-state index is -5.68. The van der Waals surface area contributed by atoms with Crippen LogP contribution in [0.15, 0.2) is 24.3 Å². The number of benzene rings is 1.